The number of nitrogens with zero attached hydrogens (tertiary/aromatic N) is 3. The number of aromatic nitrogens is 1. The molecule has 6 heteroatoms. The molecule has 2 aromatic rings. The summed E-state index contributed by atoms with van der Waals surface area (Å²) in [5.41, 5.74) is 2.10. The molecule has 29 heavy (non-hydrogen) atoms. The van der Waals surface area contributed by atoms with Gasteiger partial charge in [-0.2, -0.15) is 0 Å². The van der Waals surface area contributed by atoms with Crippen LogP contribution in [0.2, 0.25) is 0 Å². The Morgan fingerprint density at radius 3 is 2.76 bits per heavy atom. The zero-order valence-electron chi connectivity index (χ0n) is 16.4. The van der Waals surface area contributed by atoms with Gasteiger partial charge in [0.1, 0.15) is 0 Å². The molecule has 6 heterocycles. The number of pyridine rings is 1. The molecule has 2 bridgehead atoms. The summed E-state index contributed by atoms with van der Waals surface area (Å²) in [6.45, 7) is 3.36. The van der Waals surface area contributed by atoms with Gasteiger partial charge in [0.05, 0.1) is 12.5 Å². The third kappa shape index (κ3) is 2.81. The Kier molecular flexibility index (Phi) is 4.01. The number of likely N-dealkylation sites (tertiary alicyclic amines) is 1. The van der Waals surface area contributed by atoms with Crippen molar-refractivity contribution >= 4 is 5.91 Å². The van der Waals surface area contributed by atoms with Gasteiger partial charge < -0.3 is 14.4 Å². The van der Waals surface area contributed by atoms with Crippen molar-refractivity contribution in [1.82, 2.24) is 14.8 Å². The number of hydrogen-bond donors (Lipinski definition) is 0. The molecule has 0 saturated carbocycles. The van der Waals surface area contributed by atoms with Crippen LogP contribution in [0.15, 0.2) is 42.6 Å². The van der Waals surface area contributed by atoms with Crippen molar-refractivity contribution in [2.24, 2.45) is 5.92 Å². The zero-order valence-corrected chi connectivity index (χ0v) is 16.4. The number of fused-ring (bicyclic) bond motifs is 3. The number of piperidine rings is 3. The molecule has 3 atom stereocenters. The summed E-state index contributed by atoms with van der Waals surface area (Å²) in [6, 6.07) is 12.8. The maximum atomic E-state index is 13.3. The van der Waals surface area contributed by atoms with Crippen LogP contribution in [0.3, 0.4) is 0 Å². The van der Waals surface area contributed by atoms with Crippen LogP contribution >= 0.6 is 0 Å². The van der Waals surface area contributed by atoms with Gasteiger partial charge in [-0.1, -0.05) is 12.1 Å². The summed E-state index contributed by atoms with van der Waals surface area (Å²) in [7, 11) is 0. The van der Waals surface area contributed by atoms with Gasteiger partial charge in [-0.3, -0.25) is 14.7 Å². The third-order valence-electron chi connectivity index (χ3n) is 7.20. The molecule has 0 unspecified atom stereocenters. The summed E-state index contributed by atoms with van der Waals surface area (Å²) in [6.07, 6.45) is 4.54. The molecule has 1 amide bonds. The topological polar surface area (TPSA) is 54.9 Å². The highest BCUT2D eigenvalue weighted by Crippen LogP contribution is 2.48. The lowest BCUT2D eigenvalue weighted by Crippen LogP contribution is -2.60. The molecular formula is C23H25N3O3. The van der Waals surface area contributed by atoms with Gasteiger partial charge in [0.2, 0.25) is 12.7 Å². The highest BCUT2D eigenvalue weighted by Gasteiger charge is 2.54. The minimum absolute atomic E-state index is 0.204. The van der Waals surface area contributed by atoms with Crippen LogP contribution in [-0.2, 0) is 11.2 Å². The Morgan fingerprint density at radius 2 is 1.93 bits per heavy atom. The fourth-order valence-electron chi connectivity index (χ4n) is 5.90. The standard InChI is InChI=1S/C23H25N3O3/c27-21(12-17-3-1-2-8-24-17)26-13-18(16-4-5-19-20(11-16)29-14-28-19)23-22(26)15-6-9-25(23)10-7-15/h1-5,8,11,15,18,22-23H,6-7,9-10,12-14H2/t18-,22+,23+/m1/s1. The van der Waals surface area contributed by atoms with Crippen molar-refractivity contribution in [3.8, 4) is 11.5 Å². The van der Waals surface area contributed by atoms with Crippen LogP contribution < -0.4 is 9.47 Å². The van der Waals surface area contributed by atoms with Crippen LogP contribution in [0.5, 0.6) is 11.5 Å². The van der Waals surface area contributed by atoms with Gasteiger partial charge in [-0.15, -0.1) is 0 Å². The van der Waals surface area contributed by atoms with E-state index in [0.29, 0.717) is 37.1 Å². The molecule has 4 saturated heterocycles. The van der Waals surface area contributed by atoms with Crippen LogP contribution in [0.25, 0.3) is 0 Å². The van der Waals surface area contributed by atoms with E-state index in [9.17, 15) is 4.79 Å². The second-order valence-corrected chi connectivity index (χ2v) is 8.62. The molecule has 5 aliphatic heterocycles. The first-order valence-corrected chi connectivity index (χ1v) is 10.6. The SMILES string of the molecule is O=C(Cc1ccccn1)N1C[C@H](c2ccc3c(c2)OCO3)[C@H]2[C@@H]1C1CCN2CC1. The second kappa shape index (κ2) is 6.73. The van der Waals surface area contributed by atoms with Crippen molar-refractivity contribution in [3.63, 3.8) is 0 Å². The van der Waals surface area contributed by atoms with Crippen LogP contribution in [0.1, 0.15) is 30.0 Å². The molecule has 0 aliphatic carbocycles. The van der Waals surface area contributed by atoms with Gasteiger partial charge in [0.25, 0.3) is 0 Å². The number of benzene rings is 1. The highest BCUT2D eigenvalue weighted by atomic mass is 16.7. The molecule has 0 spiro atoms. The smallest absolute Gasteiger partial charge is 0.231 e. The Bertz CT molecular complexity index is 926. The maximum absolute atomic E-state index is 13.3. The average Bonchev–Trinajstić information content (AvgIpc) is 3.41. The third-order valence-corrected chi connectivity index (χ3v) is 7.20. The first kappa shape index (κ1) is 17.3. The number of ether oxygens (including phenoxy) is 2. The quantitative estimate of drug-likeness (QED) is 0.805. The Morgan fingerprint density at radius 1 is 1.07 bits per heavy atom. The predicted octanol–water partition coefficient (Wildman–Crippen LogP) is 2.44. The Labute approximate surface area is 170 Å². The summed E-state index contributed by atoms with van der Waals surface area (Å²) in [5.74, 6) is 2.77. The van der Waals surface area contributed by atoms with Crippen molar-refractivity contribution in [3.05, 3.63) is 53.9 Å². The van der Waals surface area contributed by atoms with Crippen molar-refractivity contribution in [2.75, 3.05) is 26.4 Å². The van der Waals surface area contributed by atoms with Crippen LogP contribution in [0, 0.1) is 5.92 Å². The predicted molar refractivity (Wildman–Crippen MR) is 107 cm³/mol. The molecule has 6 nitrogen and oxygen atoms in total. The molecule has 4 fully saturated rings. The number of carbonyl (C=O) groups excluding carboxylic acids is 1. The normalized spacial score (nSPS) is 31.7. The lowest BCUT2D eigenvalue weighted by atomic mass is 9.75. The largest absolute Gasteiger partial charge is 0.454 e. The molecule has 150 valence electrons. The molecular weight excluding hydrogens is 366 g/mol. The Hall–Kier alpha value is -2.60. The van der Waals surface area contributed by atoms with E-state index < -0.39 is 0 Å². The Balaban J connectivity index is 1.32. The lowest BCUT2D eigenvalue weighted by Gasteiger charge is -2.51. The summed E-state index contributed by atoms with van der Waals surface area (Å²) in [4.78, 5) is 22.5. The summed E-state index contributed by atoms with van der Waals surface area (Å²) >= 11 is 0. The van der Waals surface area contributed by atoms with E-state index in [1.165, 1.54) is 18.4 Å². The summed E-state index contributed by atoms with van der Waals surface area (Å²) < 4.78 is 11.1. The molecule has 1 aromatic carbocycles. The first-order valence-electron chi connectivity index (χ1n) is 10.6. The van der Waals surface area contributed by atoms with E-state index in [1.54, 1.807) is 6.20 Å². The maximum Gasteiger partial charge on any atom is 0.231 e. The van der Waals surface area contributed by atoms with Crippen LogP contribution in [-0.4, -0.2) is 59.2 Å². The lowest BCUT2D eigenvalue weighted by molar-refractivity contribution is -0.135. The van der Waals surface area contributed by atoms with Gasteiger partial charge >= 0.3 is 0 Å². The van der Waals surface area contributed by atoms with E-state index in [4.69, 9.17) is 9.47 Å². The minimum Gasteiger partial charge on any atom is -0.454 e. The molecule has 0 N–H and O–H groups in total. The summed E-state index contributed by atoms with van der Waals surface area (Å²) in [5, 5.41) is 0. The fraction of sp³-hybridized carbons (Fsp3) is 0.478. The molecule has 5 aliphatic rings. The van der Waals surface area contributed by atoms with Gasteiger partial charge in [0.15, 0.2) is 11.5 Å². The van der Waals surface area contributed by atoms with E-state index in [-0.39, 0.29) is 5.91 Å². The van der Waals surface area contributed by atoms with E-state index in [2.05, 4.69) is 26.9 Å². The van der Waals surface area contributed by atoms with Crippen molar-refractivity contribution < 1.29 is 14.3 Å². The van der Waals surface area contributed by atoms with Gasteiger partial charge in [0, 0.05) is 30.4 Å². The van der Waals surface area contributed by atoms with E-state index in [1.807, 2.05) is 24.3 Å². The van der Waals surface area contributed by atoms with Gasteiger partial charge in [-0.25, -0.2) is 0 Å². The van der Waals surface area contributed by atoms with Crippen molar-refractivity contribution in [2.45, 2.75) is 37.3 Å². The van der Waals surface area contributed by atoms with Crippen molar-refractivity contribution in [1.29, 1.82) is 0 Å². The van der Waals surface area contributed by atoms with E-state index >= 15 is 0 Å². The monoisotopic (exact) mass is 391 g/mol. The number of rotatable bonds is 3. The van der Waals surface area contributed by atoms with E-state index in [0.717, 1.165) is 36.8 Å². The van der Waals surface area contributed by atoms with Gasteiger partial charge in [-0.05, 0) is 61.7 Å². The number of hydrogen-bond acceptors (Lipinski definition) is 5. The number of carbonyl (C=O) groups is 1. The first-order chi connectivity index (χ1) is 14.3. The fourth-order valence-corrected chi connectivity index (χ4v) is 5.90. The second-order valence-electron chi connectivity index (χ2n) is 8.62. The molecule has 0 radical (unpaired) electrons. The molecule has 7 rings (SSSR count). The zero-order chi connectivity index (χ0) is 19.4. The minimum atomic E-state index is 0.204. The molecule has 1 aromatic heterocycles. The average molecular weight is 391 g/mol. The highest BCUT2D eigenvalue weighted by molar-refractivity contribution is 5.79. The number of amides is 1. The van der Waals surface area contributed by atoms with Crippen LogP contribution in [0.4, 0.5) is 0 Å².